The number of ether oxygens (including phenoxy) is 2. The van der Waals surface area contributed by atoms with E-state index in [1.807, 2.05) is 37.3 Å². The van der Waals surface area contributed by atoms with Gasteiger partial charge >= 0.3 is 12.2 Å². The Labute approximate surface area is 208 Å². The van der Waals surface area contributed by atoms with Crippen LogP contribution in [0, 0.1) is 11.8 Å². The van der Waals surface area contributed by atoms with Crippen LogP contribution in [0.1, 0.15) is 47.1 Å². The van der Waals surface area contributed by atoms with Crippen LogP contribution >= 0.6 is 0 Å². The van der Waals surface area contributed by atoms with Gasteiger partial charge in [-0.2, -0.15) is 0 Å². The molecule has 0 atom stereocenters. The Morgan fingerprint density at radius 2 is 1.36 bits per heavy atom. The number of rotatable bonds is 5. The molecule has 0 fully saturated rings. The number of hydrogen-bond acceptors (Lipinski definition) is 7. The number of amides is 4. The van der Waals surface area contributed by atoms with Crippen molar-refractivity contribution in [2.45, 2.75) is 20.8 Å². The Kier molecular flexibility index (Phi) is 11.2. The van der Waals surface area contributed by atoms with Crippen molar-refractivity contribution in [1.82, 2.24) is 5.06 Å². The Bertz CT molecular complexity index is 1160. The molecule has 0 saturated carbocycles. The van der Waals surface area contributed by atoms with Crippen molar-refractivity contribution in [3.8, 4) is 11.8 Å². The minimum absolute atomic E-state index is 0.0980. The molecule has 36 heavy (non-hydrogen) atoms. The molecule has 10 heteroatoms. The monoisotopic (exact) mass is 491 g/mol. The predicted molar refractivity (Wildman–Crippen MR) is 129 cm³/mol. The zero-order valence-corrected chi connectivity index (χ0v) is 20.1. The standard InChI is InChI=1S/C20H15NO3.C6H10N2O4/c1-15(11-12-16-7-3-2-4-8-16)13-14-24-21-19(22)17-9-5-6-10-18(17)20(21)23;1-3-11-5(9)7-8-6(10)12-4-2/h2-10,13H,14H2,1H3;3-4H2,1-2H3/b15-13+;. The smallest absolute Gasteiger partial charge is 0.447 e. The number of imide groups is 1. The third kappa shape index (κ3) is 8.62. The number of carbonyl (C=O) groups is 4. The van der Waals surface area contributed by atoms with E-state index in [0.717, 1.165) is 16.2 Å². The summed E-state index contributed by atoms with van der Waals surface area (Å²) in [6.07, 6.45) is -0.0597. The van der Waals surface area contributed by atoms with E-state index in [0.29, 0.717) is 11.1 Å². The van der Waals surface area contributed by atoms with E-state index in [1.165, 1.54) is 0 Å². The van der Waals surface area contributed by atoms with Gasteiger partial charge < -0.3 is 9.47 Å². The summed E-state index contributed by atoms with van der Waals surface area (Å²) < 4.78 is 8.73. The highest BCUT2D eigenvalue weighted by Crippen LogP contribution is 2.22. The van der Waals surface area contributed by atoms with Gasteiger partial charge in [-0.15, -0.1) is 5.06 Å². The summed E-state index contributed by atoms with van der Waals surface area (Å²) in [5, 5.41) is 6.65. The van der Waals surface area contributed by atoms with Crippen molar-refractivity contribution in [2.75, 3.05) is 19.8 Å². The molecule has 0 spiro atoms. The van der Waals surface area contributed by atoms with E-state index in [9.17, 15) is 19.2 Å². The lowest BCUT2D eigenvalue weighted by atomic mass is 10.1. The SMILES string of the molecule is C/C(C#Cc1ccccc1)=C\CON1C(=O)c2ccccc2C1=O.CCOC(=O)N=NC(=O)OCC. The van der Waals surface area contributed by atoms with Crippen molar-refractivity contribution < 1.29 is 33.5 Å². The van der Waals surface area contributed by atoms with Gasteiger partial charge in [0.2, 0.25) is 0 Å². The maximum atomic E-state index is 12.1. The first-order chi connectivity index (χ1) is 17.4. The number of nitrogens with zero attached hydrogens (tertiary/aromatic N) is 3. The molecular weight excluding hydrogens is 466 g/mol. The van der Waals surface area contributed by atoms with Gasteiger partial charge in [-0.25, -0.2) is 9.59 Å². The first kappa shape index (κ1) is 27.6. The van der Waals surface area contributed by atoms with Crippen LogP contribution in [0.2, 0.25) is 0 Å². The molecule has 2 aromatic carbocycles. The van der Waals surface area contributed by atoms with Crippen molar-refractivity contribution in [1.29, 1.82) is 0 Å². The number of hydroxylamine groups is 2. The lowest BCUT2D eigenvalue weighted by Gasteiger charge is -2.11. The molecule has 0 aliphatic carbocycles. The molecule has 0 saturated heterocycles. The summed E-state index contributed by atoms with van der Waals surface area (Å²) in [5.41, 5.74) is 2.46. The minimum atomic E-state index is -0.898. The number of allylic oxidation sites excluding steroid dienone is 1. The van der Waals surface area contributed by atoms with Gasteiger partial charge in [0.15, 0.2) is 0 Å². The van der Waals surface area contributed by atoms with E-state index in [1.54, 1.807) is 44.2 Å². The molecule has 1 aliphatic rings. The highest BCUT2D eigenvalue weighted by molar-refractivity contribution is 6.20. The van der Waals surface area contributed by atoms with Gasteiger partial charge in [0, 0.05) is 5.56 Å². The third-order valence-electron chi connectivity index (χ3n) is 4.28. The van der Waals surface area contributed by atoms with E-state index >= 15 is 0 Å². The molecule has 1 aliphatic heterocycles. The van der Waals surface area contributed by atoms with Gasteiger partial charge in [-0.1, -0.05) is 52.4 Å². The molecule has 2 aromatic rings. The Hall–Kier alpha value is -4.62. The topological polar surface area (TPSA) is 124 Å². The molecule has 3 rings (SSSR count). The van der Waals surface area contributed by atoms with Crippen LogP contribution in [0.15, 0.2) is 76.5 Å². The number of benzene rings is 2. The lowest BCUT2D eigenvalue weighted by Crippen LogP contribution is -2.30. The largest absolute Gasteiger partial charge is 0.452 e. The molecule has 186 valence electrons. The van der Waals surface area contributed by atoms with Crippen LogP contribution in [-0.4, -0.2) is 48.9 Å². The van der Waals surface area contributed by atoms with E-state index in [4.69, 9.17) is 4.84 Å². The van der Waals surface area contributed by atoms with Crippen molar-refractivity contribution >= 4 is 24.0 Å². The molecule has 0 aromatic heterocycles. The van der Waals surface area contributed by atoms with Crippen LogP contribution < -0.4 is 0 Å². The van der Waals surface area contributed by atoms with Crippen LogP contribution in [0.25, 0.3) is 0 Å². The number of fused-ring (bicyclic) bond motifs is 1. The maximum absolute atomic E-state index is 12.1. The summed E-state index contributed by atoms with van der Waals surface area (Å²) in [6, 6.07) is 16.3. The van der Waals surface area contributed by atoms with Crippen LogP contribution in [-0.2, 0) is 14.3 Å². The normalized spacial score (nSPS) is 12.3. The Balaban J connectivity index is 0.000000324. The van der Waals surface area contributed by atoms with Gasteiger partial charge in [0.1, 0.15) is 0 Å². The van der Waals surface area contributed by atoms with Crippen LogP contribution in [0.5, 0.6) is 0 Å². The predicted octanol–water partition coefficient (Wildman–Crippen LogP) is 4.96. The Morgan fingerprint density at radius 3 is 1.86 bits per heavy atom. The maximum Gasteiger partial charge on any atom is 0.452 e. The summed E-state index contributed by atoms with van der Waals surface area (Å²) in [5.74, 6) is 5.17. The van der Waals surface area contributed by atoms with Crippen LogP contribution in [0.4, 0.5) is 9.59 Å². The number of carbonyl (C=O) groups excluding carboxylic acids is 4. The van der Waals surface area contributed by atoms with Gasteiger partial charge in [0.05, 0.1) is 30.9 Å². The van der Waals surface area contributed by atoms with Gasteiger partial charge in [-0.05, 0) is 56.7 Å². The van der Waals surface area contributed by atoms with Gasteiger partial charge in [0.25, 0.3) is 11.8 Å². The fourth-order valence-electron chi connectivity index (χ4n) is 2.65. The van der Waals surface area contributed by atoms with Gasteiger partial charge in [-0.3, -0.25) is 14.4 Å². The fraction of sp³-hybridized carbons (Fsp3) is 0.231. The van der Waals surface area contributed by atoms with Crippen molar-refractivity contribution in [3.63, 3.8) is 0 Å². The third-order valence-corrected chi connectivity index (χ3v) is 4.28. The lowest BCUT2D eigenvalue weighted by molar-refractivity contribution is -0.0802. The van der Waals surface area contributed by atoms with Crippen molar-refractivity contribution in [2.24, 2.45) is 10.2 Å². The first-order valence-corrected chi connectivity index (χ1v) is 11.0. The second-order valence-corrected chi connectivity index (χ2v) is 6.85. The molecule has 4 amide bonds. The fourth-order valence-corrected chi connectivity index (χ4v) is 2.65. The van der Waals surface area contributed by atoms with E-state index in [-0.39, 0.29) is 19.8 Å². The number of hydrogen-bond donors (Lipinski definition) is 0. The quantitative estimate of drug-likeness (QED) is 0.329. The second-order valence-electron chi connectivity index (χ2n) is 6.85. The molecule has 10 nitrogen and oxygen atoms in total. The molecule has 0 radical (unpaired) electrons. The zero-order valence-electron chi connectivity index (χ0n) is 20.1. The Morgan fingerprint density at radius 1 is 0.861 bits per heavy atom. The summed E-state index contributed by atoms with van der Waals surface area (Å²) in [7, 11) is 0. The highest BCUT2D eigenvalue weighted by Gasteiger charge is 2.36. The average molecular weight is 492 g/mol. The average Bonchev–Trinajstić information content (AvgIpc) is 3.13. The highest BCUT2D eigenvalue weighted by atomic mass is 16.7. The van der Waals surface area contributed by atoms with Crippen LogP contribution in [0.3, 0.4) is 0 Å². The molecule has 0 N–H and O–H groups in total. The van der Waals surface area contributed by atoms with E-state index in [2.05, 4.69) is 31.5 Å². The first-order valence-electron chi connectivity index (χ1n) is 11.0. The summed E-state index contributed by atoms with van der Waals surface area (Å²) >= 11 is 0. The molecular formula is C26H25N3O7. The zero-order chi connectivity index (χ0) is 26.3. The number of azo groups is 1. The summed E-state index contributed by atoms with van der Waals surface area (Å²) in [4.78, 5) is 50.5. The molecule has 1 heterocycles. The van der Waals surface area contributed by atoms with E-state index < -0.39 is 24.0 Å². The van der Waals surface area contributed by atoms with Crippen molar-refractivity contribution in [3.05, 3.63) is 82.9 Å². The minimum Gasteiger partial charge on any atom is -0.447 e. The second kappa shape index (κ2) is 14.6. The molecule has 0 unspecified atom stereocenters. The summed E-state index contributed by atoms with van der Waals surface area (Å²) in [6.45, 7) is 5.58. The molecule has 0 bridgehead atoms.